The maximum absolute atomic E-state index is 12.5. The van der Waals surface area contributed by atoms with Crippen LogP contribution in [0.5, 0.6) is 0 Å². The van der Waals surface area contributed by atoms with Crippen molar-refractivity contribution in [2.75, 3.05) is 5.33 Å². The molecule has 1 saturated carbocycles. The van der Waals surface area contributed by atoms with Crippen molar-refractivity contribution in [3.8, 4) is 0 Å². The van der Waals surface area contributed by atoms with Crippen LogP contribution in [-0.4, -0.2) is 28.8 Å². The summed E-state index contributed by atoms with van der Waals surface area (Å²) in [6.45, 7) is 4.88. The van der Waals surface area contributed by atoms with E-state index in [0.29, 0.717) is 17.8 Å². The van der Waals surface area contributed by atoms with E-state index in [-0.39, 0.29) is 10.6 Å². The highest BCUT2D eigenvalue weighted by Gasteiger charge is 2.37. The first kappa shape index (κ1) is 16.0. The van der Waals surface area contributed by atoms with Crippen molar-refractivity contribution in [1.82, 2.24) is 14.3 Å². The molecule has 0 spiro atoms. The summed E-state index contributed by atoms with van der Waals surface area (Å²) in [6.07, 6.45) is 6.98. The smallest absolute Gasteiger partial charge is 0.260 e. The number of halogens is 1. The second-order valence-electron chi connectivity index (χ2n) is 5.74. The maximum Gasteiger partial charge on any atom is 0.260 e. The molecular formula is C13H22BrN3O2S. The van der Waals surface area contributed by atoms with Gasteiger partial charge in [0.25, 0.3) is 10.0 Å². The van der Waals surface area contributed by atoms with Crippen molar-refractivity contribution in [2.24, 2.45) is 5.92 Å². The molecule has 0 bridgehead atoms. The van der Waals surface area contributed by atoms with Crippen LogP contribution in [0.25, 0.3) is 0 Å². The Bertz CT molecular complexity index is 548. The number of rotatable bonds is 5. The van der Waals surface area contributed by atoms with Gasteiger partial charge in [-0.25, -0.2) is 18.1 Å². The molecule has 1 aromatic rings. The minimum atomic E-state index is -3.55. The molecule has 114 valence electrons. The van der Waals surface area contributed by atoms with Crippen LogP contribution < -0.4 is 4.72 Å². The van der Waals surface area contributed by atoms with Crippen molar-refractivity contribution >= 4 is 26.0 Å². The van der Waals surface area contributed by atoms with E-state index in [9.17, 15) is 8.42 Å². The van der Waals surface area contributed by atoms with Gasteiger partial charge in [-0.3, -0.25) is 0 Å². The van der Waals surface area contributed by atoms with Crippen LogP contribution in [0.3, 0.4) is 0 Å². The standard InChI is InChI=1S/C13H22BrN3O2S/c1-3-17-8-12(15-10-17)20(18,19)16-13(9-14)6-4-11(2)5-7-13/h8,10-11,16H,3-7,9H2,1-2H3. The van der Waals surface area contributed by atoms with Crippen LogP contribution in [0.1, 0.15) is 39.5 Å². The number of nitrogens with zero attached hydrogens (tertiary/aromatic N) is 2. The second kappa shape index (κ2) is 6.15. The largest absolute Gasteiger partial charge is 0.336 e. The zero-order valence-electron chi connectivity index (χ0n) is 12.0. The van der Waals surface area contributed by atoms with Gasteiger partial charge in [0.2, 0.25) is 0 Å². The van der Waals surface area contributed by atoms with Crippen molar-refractivity contribution in [3.05, 3.63) is 12.5 Å². The third-order valence-corrected chi connectivity index (χ3v) is 6.62. The number of alkyl halides is 1. The number of imidazole rings is 1. The summed E-state index contributed by atoms with van der Waals surface area (Å²) in [5.41, 5.74) is -0.374. The molecule has 0 saturated heterocycles. The lowest BCUT2D eigenvalue weighted by Crippen LogP contribution is -2.51. The van der Waals surface area contributed by atoms with Gasteiger partial charge in [-0.05, 0) is 38.5 Å². The molecular weight excluding hydrogens is 342 g/mol. The number of hydrogen-bond donors (Lipinski definition) is 1. The minimum Gasteiger partial charge on any atom is -0.336 e. The van der Waals surface area contributed by atoms with Crippen molar-refractivity contribution in [3.63, 3.8) is 0 Å². The van der Waals surface area contributed by atoms with Crippen LogP contribution in [0.2, 0.25) is 0 Å². The number of nitrogens with one attached hydrogen (secondary N) is 1. The Morgan fingerprint density at radius 1 is 1.50 bits per heavy atom. The van der Waals surface area contributed by atoms with Crippen molar-refractivity contribution in [2.45, 2.75) is 56.6 Å². The first-order chi connectivity index (χ1) is 9.41. The predicted molar refractivity (Wildman–Crippen MR) is 82.4 cm³/mol. The average Bonchev–Trinajstić information content (AvgIpc) is 2.91. The van der Waals surface area contributed by atoms with Gasteiger partial charge in [0, 0.05) is 23.6 Å². The highest BCUT2D eigenvalue weighted by atomic mass is 79.9. The van der Waals surface area contributed by atoms with E-state index in [4.69, 9.17) is 0 Å². The molecule has 1 aliphatic rings. The highest BCUT2D eigenvalue weighted by molar-refractivity contribution is 9.09. The molecule has 7 heteroatoms. The van der Waals surface area contributed by atoms with E-state index in [0.717, 1.165) is 25.7 Å². The molecule has 1 heterocycles. The van der Waals surface area contributed by atoms with Gasteiger partial charge >= 0.3 is 0 Å². The Kier molecular flexibility index (Phi) is 4.92. The van der Waals surface area contributed by atoms with Gasteiger partial charge in [-0.2, -0.15) is 0 Å². The molecule has 0 amide bonds. The average molecular weight is 364 g/mol. The fraction of sp³-hybridized carbons (Fsp3) is 0.769. The molecule has 0 aromatic carbocycles. The topological polar surface area (TPSA) is 64.0 Å². The van der Waals surface area contributed by atoms with E-state index in [1.54, 1.807) is 17.1 Å². The Balaban J connectivity index is 2.17. The number of hydrogen-bond acceptors (Lipinski definition) is 3. The Morgan fingerprint density at radius 3 is 2.65 bits per heavy atom. The van der Waals surface area contributed by atoms with Gasteiger partial charge in [0.15, 0.2) is 5.03 Å². The lowest BCUT2D eigenvalue weighted by molar-refractivity contribution is 0.249. The number of aryl methyl sites for hydroxylation is 1. The summed E-state index contributed by atoms with van der Waals surface area (Å²) in [7, 11) is -3.55. The van der Waals surface area contributed by atoms with Crippen LogP contribution in [0, 0.1) is 5.92 Å². The van der Waals surface area contributed by atoms with E-state index in [2.05, 4.69) is 32.6 Å². The Morgan fingerprint density at radius 2 is 2.15 bits per heavy atom. The fourth-order valence-corrected chi connectivity index (χ4v) is 4.86. The predicted octanol–water partition coefficient (Wildman–Crippen LogP) is 2.53. The van der Waals surface area contributed by atoms with E-state index in [1.165, 1.54) is 0 Å². The van der Waals surface area contributed by atoms with Gasteiger partial charge in [0.1, 0.15) is 0 Å². The molecule has 5 nitrogen and oxygen atoms in total. The minimum absolute atomic E-state index is 0.110. The van der Waals surface area contributed by atoms with Gasteiger partial charge in [0.05, 0.1) is 6.33 Å². The maximum atomic E-state index is 12.5. The highest BCUT2D eigenvalue weighted by Crippen LogP contribution is 2.34. The summed E-state index contributed by atoms with van der Waals surface area (Å²) in [5.74, 6) is 0.672. The molecule has 0 atom stereocenters. The first-order valence-electron chi connectivity index (χ1n) is 7.02. The lowest BCUT2D eigenvalue weighted by Gasteiger charge is -2.38. The number of aromatic nitrogens is 2. The zero-order chi connectivity index (χ0) is 14.8. The molecule has 20 heavy (non-hydrogen) atoms. The summed E-state index contributed by atoms with van der Waals surface area (Å²) < 4.78 is 29.6. The van der Waals surface area contributed by atoms with Crippen LogP contribution in [0.15, 0.2) is 17.6 Å². The van der Waals surface area contributed by atoms with E-state index >= 15 is 0 Å². The molecule has 1 N–H and O–H groups in total. The Hall–Kier alpha value is -0.400. The summed E-state index contributed by atoms with van der Waals surface area (Å²) in [6, 6.07) is 0. The van der Waals surface area contributed by atoms with Gasteiger partial charge in [-0.1, -0.05) is 22.9 Å². The first-order valence-corrected chi connectivity index (χ1v) is 9.63. The molecule has 1 fully saturated rings. The van der Waals surface area contributed by atoms with Crippen LogP contribution >= 0.6 is 15.9 Å². The van der Waals surface area contributed by atoms with Gasteiger partial charge in [-0.15, -0.1) is 0 Å². The lowest BCUT2D eigenvalue weighted by atomic mass is 9.79. The second-order valence-corrected chi connectivity index (χ2v) is 7.93. The van der Waals surface area contributed by atoms with E-state index < -0.39 is 10.0 Å². The molecule has 1 aromatic heterocycles. The summed E-state index contributed by atoms with van der Waals surface area (Å²) in [5, 5.41) is 0.749. The zero-order valence-corrected chi connectivity index (χ0v) is 14.4. The number of sulfonamides is 1. The van der Waals surface area contributed by atoms with Gasteiger partial charge < -0.3 is 4.57 Å². The quantitative estimate of drug-likeness (QED) is 0.817. The monoisotopic (exact) mass is 363 g/mol. The normalized spacial score (nSPS) is 27.6. The summed E-state index contributed by atoms with van der Waals surface area (Å²) in [4.78, 5) is 4.00. The Labute approximate surface area is 129 Å². The van der Waals surface area contributed by atoms with Crippen LogP contribution in [-0.2, 0) is 16.6 Å². The summed E-state index contributed by atoms with van der Waals surface area (Å²) >= 11 is 3.48. The van der Waals surface area contributed by atoms with Crippen LogP contribution in [0.4, 0.5) is 0 Å². The SMILES string of the molecule is CCn1cnc(S(=O)(=O)NC2(CBr)CCC(C)CC2)c1. The molecule has 0 radical (unpaired) electrons. The van der Waals surface area contributed by atoms with Crippen molar-refractivity contribution < 1.29 is 8.42 Å². The van der Waals surface area contributed by atoms with Crippen molar-refractivity contribution in [1.29, 1.82) is 0 Å². The van der Waals surface area contributed by atoms with E-state index in [1.807, 2.05) is 6.92 Å². The molecule has 0 aliphatic heterocycles. The third-order valence-electron chi connectivity index (χ3n) is 4.09. The molecule has 2 rings (SSSR count). The third kappa shape index (κ3) is 3.43. The molecule has 0 unspecified atom stereocenters. The fourth-order valence-electron chi connectivity index (χ4n) is 2.57. The molecule has 1 aliphatic carbocycles.